The lowest BCUT2D eigenvalue weighted by Crippen LogP contribution is -2.40. The van der Waals surface area contributed by atoms with Gasteiger partial charge in [-0.05, 0) is 108 Å². The molecule has 0 bridgehead atoms. The van der Waals surface area contributed by atoms with E-state index < -0.39 is 0 Å². The van der Waals surface area contributed by atoms with Gasteiger partial charge in [-0.15, -0.1) is 0 Å². The zero-order chi connectivity index (χ0) is 24.6. The molecule has 3 aliphatic rings. The summed E-state index contributed by atoms with van der Waals surface area (Å²) in [5, 5.41) is 0. The first-order valence-electron chi connectivity index (χ1n) is 14.5. The largest absolute Gasteiger partial charge is 0.397 e. The molecule has 4 rings (SSSR count). The molecule has 1 saturated heterocycles. The normalized spacial score (nSPS) is 32.3. The second kappa shape index (κ2) is 13.2. The minimum absolute atomic E-state index is 0.448. The monoisotopic (exact) mass is 482 g/mol. The van der Waals surface area contributed by atoms with Gasteiger partial charge in [0.25, 0.3) is 0 Å². The Labute approximate surface area is 214 Å². The van der Waals surface area contributed by atoms with Gasteiger partial charge in [0.1, 0.15) is 0 Å². The van der Waals surface area contributed by atoms with Crippen molar-refractivity contribution in [1.29, 1.82) is 0 Å². The van der Waals surface area contributed by atoms with E-state index in [-0.39, 0.29) is 0 Å². The molecule has 5 nitrogen and oxygen atoms in total. The number of aliphatic imine (C=N–C) groups is 1. The molecule has 2 N–H and O–H groups in total. The fourth-order valence-electron chi connectivity index (χ4n) is 6.89. The van der Waals surface area contributed by atoms with Crippen molar-refractivity contribution in [3.8, 4) is 0 Å². The molecule has 0 amide bonds. The van der Waals surface area contributed by atoms with Crippen molar-refractivity contribution in [2.24, 2.45) is 28.7 Å². The van der Waals surface area contributed by atoms with Crippen molar-refractivity contribution in [3.63, 3.8) is 0 Å². The average molecular weight is 483 g/mol. The molecule has 1 aliphatic heterocycles. The molecule has 2 aliphatic carbocycles. The van der Waals surface area contributed by atoms with E-state index in [1.54, 1.807) is 6.20 Å². The highest BCUT2D eigenvalue weighted by atomic mass is 16.5. The van der Waals surface area contributed by atoms with Crippen LogP contribution in [-0.2, 0) is 4.74 Å². The van der Waals surface area contributed by atoms with Crippen LogP contribution < -0.4 is 5.73 Å². The van der Waals surface area contributed by atoms with Crippen molar-refractivity contribution < 1.29 is 4.74 Å². The number of anilines is 1. The number of hydrogen-bond acceptors (Lipinski definition) is 5. The van der Waals surface area contributed by atoms with Gasteiger partial charge in [0.15, 0.2) is 0 Å². The van der Waals surface area contributed by atoms with Crippen LogP contribution in [-0.4, -0.2) is 55.0 Å². The lowest BCUT2D eigenvalue weighted by Gasteiger charge is -2.39. The number of aryl methyl sites for hydroxylation is 1. The van der Waals surface area contributed by atoms with Crippen LogP contribution in [0.4, 0.5) is 5.69 Å². The van der Waals surface area contributed by atoms with Crippen LogP contribution in [0.2, 0.25) is 0 Å². The summed E-state index contributed by atoms with van der Waals surface area (Å²) in [6.07, 6.45) is 20.1. The smallest absolute Gasteiger partial charge is 0.0589 e. The molecule has 0 aromatic carbocycles. The number of likely N-dealkylation sites (tertiary alicyclic amines) is 1. The predicted octanol–water partition coefficient (Wildman–Crippen LogP) is 6.28. The summed E-state index contributed by atoms with van der Waals surface area (Å²) in [5.74, 6) is 3.51. The maximum absolute atomic E-state index is 6.06. The van der Waals surface area contributed by atoms with Crippen LogP contribution in [0.5, 0.6) is 0 Å². The molecule has 0 spiro atoms. The Bertz CT molecular complexity index is 796. The third kappa shape index (κ3) is 8.01. The SMILES string of the molecule is COC1CCCC(C)CCC(C2CCN(CC3CCC(N=Cc4cc(C)ncc4N)CC3)CC2)C1. The van der Waals surface area contributed by atoms with Gasteiger partial charge in [0.05, 0.1) is 18.0 Å². The number of rotatable bonds is 6. The Balaban J connectivity index is 1.19. The van der Waals surface area contributed by atoms with Gasteiger partial charge in [0, 0.05) is 37.2 Å². The molecule has 1 aromatic rings. The summed E-state index contributed by atoms with van der Waals surface area (Å²) in [7, 11) is 1.93. The van der Waals surface area contributed by atoms with Gasteiger partial charge < -0.3 is 15.4 Å². The second-order valence-electron chi connectivity index (χ2n) is 12.0. The molecule has 1 aromatic heterocycles. The Morgan fingerprint density at radius 2 is 1.80 bits per heavy atom. The summed E-state index contributed by atoms with van der Waals surface area (Å²) in [5.41, 5.74) is 8.79. The minimum atomic E-state index is 0.448. The van der Waals surface area contributed by atoms with Crippen LogP contribution in [0.25, 0.3) is 0 Å². The van der Waals surface area contributed by atoms with Crippen LogP contribution in [0, 0.1) is 30.6 Å². The molecule has 0 radical (unpaired) electrons. The highest BCUT2D eigenvalue weighted by Crippen LogP contribution is 2.36. The van der Waals surface area contributed by atoms with Crippen LogP contribution in [0.15, 0.2) is 17.3 Å². The third-order valence-electron chi connectivity index (χ3n) is 9.31. The lowest BCUT2D eigenvalue weighted by molar-refractivity contribution is 0.0469. The number of methoxy groups -OCH3 is 1. The van der Waals surface area contributed by atoms with E-state index in [9.17, 15) is 0 Å². The quantitative estimate of drug-likeness (QED) is 0.484. The number of ether oxygens (including phenoxy) is 1. The minimum Gasteiger partial charge on any atom is -0.397 e. The van der Waals surface area contributed by atoms with Gasteiger partial charge in [-0.2, -0.15) is 0 Å². The molecular formula is C30H50N4O. The number of piperidine rings is 1. The Kier molecular flexibility index (Phi) is 10.0. The zero-order valence-corrected chi connectivity index (χ0v) is 22.6. The summed E-state index contributed by atoms with van der Waals surface area (Å²) in [6, 6.07) is 2.48. The van der Waals surface area contributed by atoms with Crippen LogP contribution in [0.1, 0.15) is 95.2 Å². The van der Waals surface area contributed by atoms with Crippen molar-refractivity contribution >= 4 is 11.9 Å². The maximum Gasteiger partial charge on any atom is 0.0589 e. The highest BCUT2D eigenvalue weighted by molar-refractivity contribution is 5.86. The first kappa shape index (κ1) is 26.6. The van der Waals surface area contributed by atoms with Gasteiger partial charge >= 0.3 is 0 Å². The summed E-state index contributed by atoms with van der Waals surface area (Å²) in [6.45, 7) is 8.35. The van der Waals surface area contributed by atoms with Crippen LogP contribution in [0.3, 0.4) is 0 Å². The van der Waals surface area contributed by atoms with Gasteiger partial charge in [-0.1, -0.05) is 26.2 Å². The van der Waals surface area contributed by atoms with E-state index in [1.165, 1.54) is 96.7 Å². The van der Waals surface area contributed by atoms with E-state index in [1.807, 2.05) is 26.3 Å². The number of pyridine rings is 1. The Hall–Kier alpha value is -1.46. The van der Waals surface area contributed by atoms with Gasteiger partial charge in [-0.25, -0.2) is 0 Å². The second-order valence-corrected chi connectivity index (χ2v) is 12.0. The fraction of sp³-hybridized carbons (Fsp3) is 0.800. The number of nitrogens with two attached hydrogens (primary N) is 1. The van der Waals surface area contributed by atoms with Gasteiger partial charge in [0.2, 0.25) is 0 Å². The fourth-order valence-corrected chi connectivity index (χ4v) is 6.89. The summed E-state index contributed by atoms with van der Waals surface area (Å²) >= 11 is 0. The number of hydrogen-bond donors (Lipinski definition) is 1. The number of aromatic nitrogens is 1. The van der Waals surface area contributed by atoms with Gasteiger partial charge in [-0.3, -0.25) is 9.98 Å². The summed E-state index contributed by atoms with van der Waals surface area (Å²) < 4.78 is 5.89. The molecule has 2 saturated carbocycles. The standard InChI is InChI=1S/C30H50N4O/c1-22-5-4-6-29(35-3)18-26(10-7-22)25-13-15-34(16-14-25)21-24-8-11-28(12-9-24)33-19-27-17-23(2)32-20-30(27)31/h17,19-20,22,24-26,28-29H,4-16,18,21,31H2,1-3H3. The van der Waals surface area contributed by atoms with E-state index in [0.717, 1.165) is 40.6 Å². The Morgan fingerprint density at radius 3 is 2.54 bits per heavy atom. The first-order chi connectivity index (χ1) is 17.0. The average Bonchev–Trinajstić information content (AvgIpc) is 2.96. The topological polar surface area (TPSA) is 63.7 Å². The highest BCUT2D eigenvalue weighted by Gasteiger charge is 2.31. The van der Waals surface area contributed by atoms with E-state index in [0.29, 0.717) is 12.1 Å². The lowest BCUT2D eigenvalue weighted by atomic mass is 9.77. The molecule has 2 heterocycles. The van der Waals surface area contributed by atoms with E-state index in [2.05, 4.69) is 16.8 Å². The molecule has 3 atom stereocenters. The van der Waals surface area contributed by atoms with Crippen molar-refractivity contribution in [2.75, 3.05) is 32.5 Å². The number of nitrogens with zero attached hydrogens (tertiary/aromatic N) is 3. The van der Waals surface area contributed by atoms with Crippen molar-refractivity contribution in [2.45, 2.75) is 103 Å². The van der Waals surface area contributed by atoms with Crippen LogP contribution >= 0.6 is 0 Å². The molecule has 196 valence electrons. The van der Waals surface area contributed by atoms with E-state index >= 15 is 0 Å². The predicted molar refractivity (Wildman–Crippen MR) is 147 cm³/mol. The molecule has 3 unspecified atom stereocenters. The summed E-state index contributed by atoms with van der Waals surface area (Å²) in [4.78, 5) is 11.9. The van der Waals surface area contributed by atoms with Crippen molar-refractivity contribution in [1.82, 2.24) is 9.88 Å². The Morgan fingerprint density at radius 1 is 1.03 bits per heavy atom. The third-order valence-corrected chi connectivity index (χ3v) is 9.31. The first-order valence-corrected chi connectivity index (χ1v) is 14.5. The maximum atomic E-state index is 6.06. The van der Waals surface area contributed by atoms with E-state index in [4.69, 9.17) is 15.5 Å². The molecular weight excluding hydrogens is 432 g/mol. The molecule has 5 heteroatoms. The van der Waals surface area contributed by atoms with Crippen molar-refractivity contribution in [3.05, 3.63) is 23.5 Å². The zero-order valence-electron chi connectivity index (χ0n) is 22.6. The molecule has 35 heavy (non-hydrogen) atoms. The molecule has 3 fully saturated rings. The number of nitrogen functional groups attached to an aromatic ring is 1.